The smallest absolute Gasteiger partial charge is 0.257 e. The highest BCUT2D eigenvalue weighted by atomic mass is 79.9. The van der Waals surface area contributed by atoms with E-state index in [-0.39, 0.29) is 5.91 Å². The van der Waals surface area contributed by atoms with Gasteiger partial charge in [0.15, 0.2) is 0 Å². The summed E-state index contributed by atoms with van der Waals surface area (Å²) in [6.07, 6.45) is 1.96. The average molecular weight is 402 g/mol. The van der Waals surface area contributed by atoms with Crippen molar-refractivity contribution in [2.75, 3.05) is 11.6 Å². The first kappa shape index (κ1) is 16.8. The Kier molecular flexibility index (Phi) is 5.06. The lowest BCUT2D eigenvalue weighted by molar-refractivity contribution is 0.102. The molecule has 0 saturated carbocycles. The number of nitrogens with one attached hydrogen (secondary N) is 1. The Bertz CT molecular complexity index is 891. The van der Waals surface area contributed by atoms with Crippen LogP contribution in [0, 0.1) is 6.92 Å². The van der Waals surface area contributed by atoms with Crippen molar-refractivity contribution in [2.24, 2.45) is 0 Å². The highest BCUT2D eigenvalue weighted by molar-refractivity contribution is 9.10. The van der Waals surface area contributed by atoms with Gasteiger partial charge in [-0.15, -0.1) is 11.8 Å². The molecule has 4 nitrogen and oxygen atoms in total. The van der Waals surface area contributed by atoms with E-state index in [9.17, 15) is 4.79 Å². The van der Waals surface area contributed by atoms with Gasteiger partial charge < -0.3 is 5.32 Å². The maximum absolute atomic E-state index is 12.7. The van der Waals surface area contributed by atoms with Crippen LogP contribution in [0.4, 0.5) is 5.82 Å². The average Bonchev–Trinajstić information content (AvgIpc) is 2.95. The molecule has 122 valence electrons. The number of hydrogen-bond acceptors (Lipinski definition) is 3. The number of anilines is 1. The Morgan fingerprint density at radius 2 is 1.96 bits per heavy atom. The van der Waals surface area contributed by atoms with Gasteiger partial charge in [-0.3, -0.25) is 4.79 Å². The van der Waals surface area contributed by atoms with Crippen molar-refractivity contribution in [1.29, 1.82) is 0 Å². The molecule has 24 heavy (non-hydrogen) atoms. The van der Waals surface area contributed by atoms with Crippen LogP contribution in [0.25, 0.3) is 5.69 Å². The third kappa shape index (κ3) is 3.55. The van der Waals surface area contributed by atoms with E-state index in [1.54, 1.807) is 16.4 Å². The number of aromatic nitrogens is 2. The molecule has 0 aliphatic heterocycles. The van der Waals surface area contributed by atoms with Crippen molar-refractivity contribution in [3.05, 3.63) is 70.3 Å². The number of carbonyl (C=O) groups is 1. The molecule has 0 aliphatic carbocycles. The van der Waals surface area contributed by atoms with E-state index in [2.05, 4.69) is 26.3 Å². The summed E-state index contributed by atoms with van der Waals surface area (Å²) in [6, 6.07) is 17.2. The largest absolute Gasteiger partial charge is 0.306 e. The molecular weight excluding hydrogens is 386 g/mol. The molecule has 2 aromatic carbocycles. The lowest BCUT2D eigenvalue weighted by Crippen LogP contribution is -2.16. The summed E-state index contributed by atoms with van der Waals surface area (Å²) in [6.45, 7) is 1.90. The second kappa shape index (κ2) is 7.23. The van der Waals surface area contributed by atoms with E-state index in [4.69, 9.17) is 0 Å². The molecule has 1 amide bonds. The maximum Gasteiger partial charge on any atom is 0.257 e. The molecule has 0 aliphatic rings. The molecule has 0 spiro atoms. The zero-order valence-corrected chi connectivity index (χ0v) is 15.7. The van der Waals surface area contributed by atoms with Gasteiger partial charge in [-0.1, -0.05) is 34.1 Å². The van der Waals surface area contributed by atoms with Gasteiger partial charge >= 0.3 is 0 Å². The molecule has 3 aromatic rings. The zero-order chi connectivity index (χ0) is 17.1. The molecule has 0 radical (unpaired) electrons. The zero-order valence-electron chi connectivity index (χ0n) is 13.3. The fourth-order valence-corrected chi connectivity index (χ4v) is 3.39. The minimum absolute atomic E-state index is 0.143. The van der Waals surface area contributed by atoms with Gasteiger partial charge in [-0.25, -0.2) is 4.68 Å². The summed E-state index contributed by atoms with van der Waals surface area (Å²) in [4.78, 5) is 13.6. The fraction of sp³-hybridized carbons (Fsp3) is 0.111. The molecule has 1 N–H and O–H groups in total. The summed E-state index contributed by atoms with van der Waals surface area (Å²) in [5.41, 5.74) is 2.37. The van der Waals surface area contributed by atoms with Crippen LogP contribution in [0.5, 0.6) is 0 Å². The molecule has 3 rings (SSSR count). The normalized spacial score (nSPS) is 10.6. The lowest BCUT2D eigenvalue weighted by Gasteiger charge is -2.11. The second-order valence-electron chi connectivity index (χ2n) is 5.22. The Morgan fingerprint density at radius 1 is 1.17 bits per heavy atom. The van der Waals surface area contributed by atoms with Gasteiger partial charge in [0.05, 0.1) is 16.9 Å². The van der Waals surface area contributed by atoms with Crippen LogP contribution in [0.15, 0.2) is 64.0 Å². The standard InChI is InChI=1S/C18H16BrN3OS/c1-12-10-17(22(21-12)14-7-5-6-13(19)11-14)20-18(23)15-8-3-4-9-16(15)24-2/h3-11H,1-2H3,(H,20,23). The third-order valence-electron chi connectivity index (χ3n) is 3.48. The van der Waals surface area contributed by atoms with E-state index in [1.807, 2.05) is 67.8 Å². The highest BCUT2D eigenvalue weighted by Crippen LogP contribution is 2.23. The SMILES string of the molecule is CSc1ccccc1C(=O)Nc1cc(C)nn1-c1cccc(Br)c1. The van der Waals surface area contributed by atoms with Gasteiger partial charge in [0, 0.05) is 15.4 Å². The molecule has 1 aromatic heterocycles. The molecule has 0 atom stereocenters. The molecule has 6 heteroatoms. The van der Waals surface area contributed by atoms with E-state index in [1.165, 1.54) is 0 Å². The quantitative estimate of drug-likeness (QED) is 0.631. The highest BCUT2D eigenvalue weighted by Gasteiger charge is 2.15. The Hall–Kier alpha value is -2.05. The topological polar surface area (TPSA) is 46.9 Å². The van der Waals surface area contributed by atoms with Crippen LogP contribution < -0.4 is 5.32 Å². The number of carbonyl (C=O) groups excluding carboxylic acids is 1. The number of benzene rings is 2. The van der Waals surface area contributed by atoms with Crippen molar-refractivity contribution >= 4 is 39.4 Å². The first-order chi connectivity index (χ1) is 11.6. The summed E-state index contributed by atoms with van der Waals surface area (Å²) < 4.78 is 2.69. The van der Waals surface area contributed by atoms with Crippen molar-refractivity contribution in [2.45, 2.75) is 11.8 Å². The Labute approximate surface area is 153 Å². The Balaban J connectivity index is 1.95. The van der Waals surface area contributed by atoms with E-state index < -0.39 is 0 Å². The van der Waals surface area contributed by atoms with Crippen LogP contribution >= 0.6 is 27.7 Å². The number of amides is 1. The van der Waals surface area contributed by atoms with E-state index in [0.29, 0.717) is 11.4 Å². The number of rotatable bonds is 4. The van der Waals surface area contributed by atoms with E-state index in [0.717, 1.165) is 20.7 Å². The van der Waals surface area contributed by atoms with Gasteiger partial charge in [0.2, 0.25) is 0 Å². The van der Waals surface area contributed by atoms with Crippen LogP contribution in [0.2, 0.25) is 0 Å². The molecule has 1 heterocycles. The van der Waals surface area contributed by atoms with Crippen LogP contribution in [0.3, 0.4) is 0 Å². The van der Waals surface area contributed by atoms with Gasteiger partial charge in [-0.05, 0) is 43.5 Å². The molecule has 0 fully saturated rings. The van der Waals surface area contributed by atoms with Crippen molar-refractivity contribution < 1.29 is 4.79 Å². The first-order valence-corrected chi connectivity index (χ1v) is 9.37. The molecule has 0 saturated heterocycles. The number of halogens is 1. The monoisotopic (exact) mass is 401 g/mol. The minimum atomic E-state index is -0.143. The van der Waals surface area contributed by atoms with Gasteiger partial charge in [-0.2, -0.15) is 5.10 Å². The molecule has 0 unspecified atom stereocenters. The lowest BCUT2D eigenvalue weighted by atomic mass is 10.2. The third-order valence-corrected chi connectivity index (χ3v) is 4.77. The number of aryl methyl sites for hydroxylation is 1. The van der Waals surface area contributed by atoms with Crippen molar-refractivity contribution in [1.82, 2.24) is 9.78 Å². The van der Waals surface area contributed by atoms with Gasteiger partial charge in [0.1, 0.15) is 5.82 Å². The first-order valence-electron chi connectivity index (χ1n) is 7.35. The van der Waals surface area contributed by atoms with Crippen molar-refractivity contribution in [3.63, 3.8) is 0 Å². The summed E-state index contributed by atoms with van der Waals surface area (Å²) in [7, 11) is 0. The fourth-order valence-electron chi connectivity index (χ4n) is 2.41. The van der Waals surface area contributed by atoms with Crippen LogP contribution in [-0.2, 0) is 0 Å². The van der Waals surface area contributed by atoms with Gasteiger partial charge in [0.25, 0.3) is 5.91 Å². The number of thioether (sulfide) groups is 1. The minimum Gasteiger partial charge on any atom is -0.306 e. The maximum atomic E-state index is 12.7. The summed E-state index contributed by atoms with van der Waals surface area (Å²) in [5.74, 6) is 0.502. The number of hydrogen-bond donors (Lipinski definition) is 1. The predicted octanol–water partition coefficient (Wildman–Crippen LogP) is 4.92. The summed E-state index contributed by atoms with van der Waals surface area (Å²) >= 11 is 5.02. The Morgan fingerprint density at radius 3 is 2.71 bits per heavy atom. The number of nitrogens with zero attached hydrogens (tertiary/aromatic N) is 2. The van der Waals surface area contributed by atoms with Crippen LogP contribution in [-0.4, -0.2) is 21.9 Å². The van der Waals surface area contributed by atoms with Crippen LogP contribution in [0.1, 0.15) is 16.1 Å². The van der Waals surface area contributed by atoms with E-state index >= 15 is 0 Å². The molecular formula is C18H16BrN3OS. The molecule has 0 bridgehead atoms. The predicted molar refractivity (Wildman–Crippen MR) is 102 cm³/mol. The summed E-state index contributed by atoms with van der Waals surface area (Å²) in [5, 5.41) is 7.46. The van der Waals surface area contributed by atoms with Crippen molar-refractivity contribution in [3.8, 4) is 5.69 Å². The second-order valence-corrected chi connectivity index (χ2v) is 6.98.